The molecule has 59 valence electrons. The van der Waals surface area contributed by atoms with Crippen LogP contribution in [0.5, 0.6) is 0 Å². The van der Waals surface area contributed by atoms with E-state index in [1.165, 1.54) is 7.05 Å². The van der Waals surface area contributed by atoms with Crippen molar-refractivity contribution >= 4 is 6.03 Å². The van der Waals surface area contributed by atoms with E-state index in [1.807, 2.05) is 0 Å². The van der Waals surface area contributed by atoms with Gasteiger partial charge in [-0.15, -0.1) is 0 Å². The second-order valence-corrected chi connectivity index (χ2v) is 2.78. The van der Waals surface area contributed by atoms with Crippen LogP contribution in [0.2, 0.25) is 0 Å². The van der Waals surface area contributed by atoms with Crippen molar-refractivity contribution in [3.8, 4) is 0 Å². The summed E-state index contributed by atoms with van der Waals surface area (Å²) in [6.45, 7) is 4.91. The SMILES string of the molecule is C[N]C(=O)N(C)CC(C)C. The van der Waals surface area contributed by atoms with Crippen LogP contribution in [0.4, 0.5) is 4.79 Å². The number of carbonyl (C=O) groups is 1. The highest BCUT2D eigenvalue weighted by Crippen LogP contribution is 1.95. The quantitative estimate of drug-likeness (QED) is 0.566. The first-order valence-corrected chi connectivity index (χ1v) is 3.42. The molecule has 3 nitrogen and oxygen atoms in total. The minimum absolute atomic E-state index is 0.145. The average Bonchev–Trinajstić information content (AvgIpc) is 1.85. The van der Waals surface area contributed by atoms with Crippen LogP contribution in [0.25, 0.3) is 0 Å². The zero-order valence-electron chi connectivity index (χ0n) is 7.09. The van der Waals surface area contributed by atoms with Crippen molar-refractivity contribution in [1.82, 2.24) is 10.2 Å². The highest BCUT2D eigenvalue weighted by atomic mass is 16.2. The van der Waals surface area contributed by atoms with Crippen LogP contribution in [0.15, 0.2) is 0 Å². The third-order valence-corrected chi connectivity index (χ3v) is 1.16. The molecule has 10 heavy (non-hydrogen) atoms. The third-order valence-electron chi connectivity index (χ3n) is 1.16. The molecular formula is C7H15N2O. The van der Waals surface area contributed by atoms with Gasteiger partial charge in [0.2, 0.25) is 0 Å². The molecule has 0 heterocycles. The molecule has 0 aliphatic carbocycles. The molecule has 0 fully saturated rings. The van der Waals surface area contributed by atoms with E-state index >= 15 is 0 Å². The maximum atomic E-state index is 10.8. The van der Waals surface area contributed by atoms with Gasteiger partial charge in [0.1, 0.15) is 0 Å². The number of amides is 2. The van der Waals surface area contributed by atoms with Crippen molar-refractivity contribution in [3.05, 3.63) is 0 Å². The summed E-state index contributed by atoms with van der Waals surface area (Å²) >= 11 is 0. The normalized spacial score (nSPS) is 9.70. The predicted octanol–water partition coefficient (Wildman–Crippen LogP) is 0.928. The van der Waals surface area contributed by atoms with Crippen LogP contribution in [0.1, 0.15) is 13.8 Å². The van der Waals surface area contributed by atoms with Gasteiger partial charge in [0.25, 0.3) is 0 Å². The predicted molar refractivity (Wildman–Crippen MR) is 40.9 cm³/mol. The van der Waals surface area contributed by atoms with Crippen molar-refractivity contribution in [2.45, 2.75) is 13.8 Å². The number of urea groups is 1. The molecule has 0 unspecified atom stereocenters. The van der Waals surface area contributed by atoms with Crippen molar-refractivity contribution in [2.75, 3.05) is 20.6 Å². The molecule has 3 heteroatoms. The van der Waals surface area contributed by atoms with Gasteiger partial charge in [0, 0.05) is 20.6 Å². The largest absolute Gasteiger partial charge is 0.338 e. The van der Waals surface area contributed by atoms with Crippen LogP contribution in [-0.4, -0.2) is 31.6 Å². The Morgan fingerprint density at radius 1 is 1.60 bits per heavy atom. The first-order chi connectivity index (χ1) is 4.57. The van der Waals surface area contributed by atoms with E-state index in [1.54, 1.807) is 11.9 Å². The van der Waals surface area contributed by atoms with E-state index in [0.717, 1.165) is 6.54 Å². The van der Waals surface area contributed by atoms with E-state index in [9.17, 15) is 4.79 Å². The number of rotatable bonds is 2. The van der Waals surface area contributed by atoms with Crippen LogP contribution < -0.4 is 5.32 Å². The average molecular weight is 143 g/mol. The highest BCUT2D eigenvalue weighted by molar-refractivity contribution is 5.73. The molecule has 0 aliphatic rings. The Morgan fingerprint density at radius 3 is 2.40 bits per heavy atom. The second-order valence-electron chi connectivity index (χ2n) is 2.78. The molecule has 0 spiro atoms. The van der Waals surface area contributed by atoms with Crippen LogP contribution >= 0.6 is 0 Å². The minimum Gasteiger partial charge on any atom is -0.326 e. The molecular weight excluding hydrogens is 128 g/mol. The van der Waals surface area contributed by atoms with E-state index in [2.05, 4.69) is 19.2 Å². The van der Waals surface area contributed by atoms with Gasteiger partial charge in [0.15, 0.2) is 0 Å². The van der Waals surface area contributed by atoms with Crippen molar-refractivity contribution in [3.63, 3.8) is 0 Å². The summed E-state index contributed by atoms with van der Waals surface area (Å²) in [5.41, 5.74) is 0. The molecule has 0 bridgehead atoms. The lowest BCUT2D eigenvalue weighted by Gasteiger charge is -2.16. The lowest BCUT2D eigenvalue weighted by Crippen LogP contribution is -2.33. The van der Waals surface area contributed by atoms with Gasteiger partial charge >= 0.3 is 6.03 Å². The van der Waals surface area contributed by atoms with E-state index < -0.39 is 0 Å². The third kappa shape index (κ3) is 3.33. The smallest absolute Gasteiger partial charge is 0.326 e. The number of hydrogen-bond donors (Lipinski definition) is 0. The fraction of sp³-hybridized carbons (Fsp3) is 0.857. The van der Waals surface area contributed by atoms with Gasteiger partial charge in [-0.1, -0.05) is 13.8 Å². The van der Waals surface area contributed by atoms with Crippen LogP contribution in [0.3, 0.4) is 0 Å². The molecule has 0 atom stereocenters. The zero-order chi connectivity index (χ0) is 8.15. The summed E-state index contributed by atoms with van der Waals surface area (Å²) in [6, 6.07) is -0.145. The number of hydrogen-bond acceptors (Lipinski definition) is 1. The van der Waals surface area contributed by atoms with E-state index in [-0.39, 0.29) is 6.03 Å². The molecule has 0 aromatic rings. The maximum Gasteiger partial charge on any atom is 0.338 e. The van der Waals surface area contributed by atoms with Gasteiger partial charge in [0.05, 0.1) is 0 Å². The topological polar surface area (TPSA) is 34.4 Å². The van der Waals surface area contributed by atoms with Gasteiger partial charge in [-0.25, -0.2) is 10.1 Å². The van der Waals surface area contributed by atoms with Crippen molar-refractivity contribution in [1.29, 1.82) is 0 Å². The van der Waals surface area contributed by atoms with Crippen LogP contribution in [0, 0.1) is 5.92 Å². The maximum absolute atomic E-state index is 10.8. The molecule has 0 rings (SSSR count). The lowest BCUT2D eigenvalue weighted by atomic mass is 10.2. The second kappa shape index (κ2) is 4.14. The Hall–Kier alpha value is -0.730. The van der Waals surface area contributed by atoms with Crippen molar-refractivity contribution in [2.24, 2.45) is 5.92 Å². The lowest BCUT2D eigenvalue weighted by molar-refractivity contribution is 0.205. The summed E-state index contributed by atoms with van der Waals surface area (Å²) in [5, 5.41) is 3.53. The summed E-state index contributed by atoms with van der Waals surface area (Å²) in [7, 11) is 3.27. The molecule has 0 aliphatic heterocycles. The van der Waals surface area contributed by atoms with E-state index in [4.69, 9.17) is 0 Å². The molecule has 2 amide bonds. The van der Waals surface area contributed by atoms with Crippen LogP contribution in [-0.2, 0) is 0 Å². The fourth-order valence-electron chi connectivity index (χ4n) is 0.797. The summed E-state index contributed by atoms with van der Waals surface area (Å²) in [4.78, 5) is 12.4. The van der Waals surface area contributed by atoms with Gasteiger partial charge in [-0.05, 0) is 5.92 Å². The Morgan fingerprint density at radius 2 is 2.10 bits per heavy atom. The van der Waals surface area contributed by atoms with Crippen molar-refractivity contribution < 1.29 is 4.79 Å². The summed E-state index contributed by atoms with van der Waals surface area (Å²) in [6.07, 6.45) is 0. The first-order valence-electron chi connectivity index (χ1n) is 3.42. The number of carbonyl (C=O) groups excluding carboxylic acids is 1. The summed E-state index contributed by atoms with van der Waals surface area (Å²) in [5.74, 6) is 0.510. The molecule has 0 aromatic heterocycles. The Labute approximate surface area is 62.4 Å². The monoisotopic (exact) mass is 143 g/mol. The fourth-order valence-corrected chi connectivity index (χ4v) is 0.797. The molecule has 0 saturated heterocycles. The molecule has 0 saturated carbocycles. The van der Waals surface area contributed by atoms with Gasteiger partial charge in [-0.3, -0.25) is 0 Å². The molecule has 1 radical (unpaired) electrons. The number of nitrogens with zero attached hydrogens (tertiary/aromatic N) is 2. The zero-order valence-corrected chi connectivity index (χ0v) is 7.09. The molecule has 0 aromatic carbocycles. The first kappa shape index (κ1) is 9.27. The van der Waals surface area contributed by atoms with Gasteiger partial charge in [-0.2, -0.15) is 0 Å². The Kier molecular flexibility index (Phi) is 3.84. The highest BCUT2D eigenvalue weighted by Gasteiger charge is 2.07. The standard InChI is InChI=1S/C7H15N2O/c1-6(2)5-9(4)7(10)8-3/h6H,5H2,1-4H3. The minimum atomic E-state index is -0.145. The summed E-state index contributed by atoms with van der Waals surface area (Å²) < 4.78 is 0. The molecule has 0 N–H and O–H groups in total. The van der Waals surface area contributed by atoms with Gasteiger partial charge < -0.3 is 4.90 Å². The van der Waals surface area contributed by atoms with E-state index in [0.29, 0.717) is 5.92 Å². The Bertz CT molecular complexity index is 112. The Balaban J connectivity index is 3.61.